The Morgan fingerprint density at radius 1 is 1.14 bits per heavy atom. The Balaban J connectivity index is 4.12. The number of ether oxygens (including phenoxy) is 2. The fourth-order valence-electron chi connectivity index (χ4n) is 0.641. The van der Waals surface area contributed by atoms with Crippen molar-refractivity contribution < 1.29 is 13.7 Å². The van der Waals surface area contributed by atoms with Gasteiger partial charge in [0.15, 0.2) is 5.79 Å². The van der Waals surface area contributed by atoms with Crippen LogP contribution in [0.25, 0.3) is 0 Å². The van der Waals surface area contributed by atoms with E-state index in [1.54, 1.807) is 21.1 Å². The summed E-state index contributed by atoms with van der Waals surface area (Å²) in [5, 5.41) is 0. The van der Waals surface area contributed by atoms with Gasteiger partial charge in [0.2, 0.25) is 0 Å². The van der Waals surface area contributed by atoms with Gasteiger partial charge in [0.25, 0.3) is 0 Å². The summed E-state index contributed by atoms with van der Waals surface area (Å²) in [6, 6.07) is 0. The van der Waals surface area contributed by atoms with Crippen LogP contribution in [-0.2, 0) is 20.5 Å². The number of hydrogen-bond acceptors (Lipinski definition) is 3. The maximum Gasteiger partial charge on any atom is 0.178 e. The van der Waals surface area contributed by atoms with Crippen LogP contribution in [-0.4, -0.2) is 35.5 Å². The third-order valence-corrected chi connectivity index (χ3v) is 3.46. The molecule has 0 aromatic heterocycles. The van der Waals surface area contributed by atoms with Crippen LogP contribution >= 0.6 is 0 Å². The molecular formula is C9H21NO3S. The van der Waals surface area contributed by atoms with E-state index in [1.165, 1.54) is 0 Å². The number of hydrogen-bond donors (Lipinski definition) is 1. The molecule has 0 saturated heterocycles. The van der Waals surface area contributed by atoms with Crippen molar-refractivity contribution in [3.05, 3.63) is 0 Å². The lowest BCUT2D eigenvalue weighted by Crippen LogP contribution is -2.45. The third-order valence-electron chi connectivity index (χ3n) is 1.94. The van der Waals surface area contributed by atoms with E-state index in [-0.39, 0.29) is 4.75 Å². The fourth-order valence-corrected chi connectivity index (χ4v) is 1.47. The van der Waals surface area contributed by atoms with Crippen LogP contribution in [0.15, 0.2) is 0 Å². The second kappa shape index (κ2) is 5.21. The van der Waals surface area contributed by atoms with E-state index in [9.17, 15) is 4.21 Å². The van der Waals surface area contributed by atoms with Crippen molar-refractivity contribution in [1.82, 2.24) is 4.72 Å². The smallest absolute Gasteiger partial charge is 0.178 e. The van der Waals surface area contributed by atoms with Crippen LogP contribution in [0.3, 0.4) is 0 Å². The van der Waals surface area contributed by atoms with E-state index in [1.807, 2.05) is 20.8 Å². The molecule has 5 heteroatoms. The summed E-state index contributed by atoms with van der Waals surface area (Å²) >= 11 is 0. The molecule has 0 aliphatic rings. The molecule has 0 radical (unpaired) electrons. The summed E-state index contributed by atoms with van der Waals surface area (Å²) < 4.78 is 24.5. The normalized spacial score (nSPS) is 15.6. The molecule has 1 N–H and O–H groups in total. The minimum Gasteiger partial charge on any atom is -0.352 e. The molecule has 0 rings (SSSR count). The first-order chi connectivity index (χ1) is 6.25. The zero-order chi connectivity index (χ0) is 11.4. The van der Waals surface area contributed by atoms with Crippen molar-refractivity contribution in [2.45, 2.75) is 38.2 Å². The van der Waals surface area contributed by atoms with Gasteiger partial charge in [-0.05, 0) is 27.7 Å². The summed E-state index contributed by atoms with van der Waals surface area (Å²) in [4.78, 5) is 0. The lowest BCUT2D eigenvalue weighted by molar-refractivity contribution is -0.186. The fraction of sp³-hybridized carbons (Fsp3) is 1.00. The number of methoxy groups -OCH3 is 2. The van der Waals surface area contributed by atoms with E-state index in [2.05, 4.69) is 4.72 Å². The topological polar surface area (TPSA) is 47.6 Å². The summed E-state index contributed by atoms with van der Waals surface area (Å²) in [6.45, 7) is 7.91. The highest BCUT2D eigenvalue weighted by atomic mass is 32.2. The second-order valence-electron chi connectivity index (χ2n) is 4.24. The van der Waals surface area contributed by atoms with Crippen molar-refractivity contribution in [3.8, 4) is 0 Å². The first-order valence-electron chi connectivity index (χ1n) is 4.51. The molecule has 14 heavy (non-hydrogen) atoms. The van der Waals surface area contributed by atoms with Gasteiger partial charge < -0.3 is 9.47 Å². The largest absolute Gasteiger partial charge is 0.352 e. The Morgan fingerprint density at radius 3 is 1.86 bits per heavy atom. The van der Waals surface area contributed by atoms with Crippen LogP contribution < -0.4 is 4.72 Å². The van der Waals surface area contributed by atoms with Crippen LogP contribution in [0.4, 0.5) is 0 Å². The van der Waals surface area contributed by atoms with Crippen molar-refractivity contribution >= 4 is 11.0 Å². The van der Waals surface area contributed by atoms with Crippen LogP contribution in [0.1, 0.15) is 27.7 Å². The van der Waals surface area contributed by atoms with Gasteiger partial charge in [-0.1, -0.05) is 0 Å². The minimum atomic E-state index is -1.10. The van der Waals surface area contributed by atoms with Gasteiger partial charge in [0, 0.05) is 14.2 Å². The molecule has 0 heterocycles. The van der Waals surface area contributed by atoms with Crippen LogP contribution in [0.5, 0.6) is 0 Å². The molecule has 0 fully saturated rings. The Morgan fingerprint density at radius 2 is 1.57 bits per heavy atom. The Hall–Kier alpha value is 0.0300. The van der Waals surface area contributed by atoms with Gasteiger partial charge in [0.05, 0.1) is 22.3 Å². The maximum atomic E-state index is 11.6. The molecule has 0 bridgehead atoms. The summed E-state index contributed by atoms with van der Waals surface area (Å²) in [6.07, 6.45) is 0. The average Bonchev–Trinajstić information content (AvgIpc) is 2.12. The molecule has 0 aliphatic heterocycles. The molecule has 0 unspecified atom stereocenters. The van der Waals surface area contributed by atoms with Gasteiger partial charge in [-0.3, -0.25) is 0 Å². The highest BCUT2D eigenvalue weighted by Gasteiger charge is 2.26. The predicted molar refractivity (Wildman–Crippen MR) is 58.3 cm³/mol. The molecular weight excluding hydrogens is 202 g/mol. The average molecular weight is 223 g/mol. The molecule has 0 aromatic carbocycles. The van der Waals surface area contributed by atoms with E-state index in [0.717, 1.165) is 0 Å². The molecule has 4 nitrogen and oxygen atoms in total. The molecule has 0 aliphatic carbocycles. The predicted octanol–water partition coefficient (Wildman–Crippen LogP) is 1.05. The molecule has 0 saturated carbocycles. The molecule has 86 valence electrons. The first kappa shape index (κ1) is 14.0. The molecule has 0 aromatic rings. The zero-order valence-electron chi connectivity index (χ0n) is 9.84. The summed E-state index contributed by atoms with van der Waals surface area (Å²) in [5.41, 5.74) is 0. The minimum absolute atomic E-state index is 0.275. The highest BCUT2D eigenvalue weighted by Crippen LogP contribution is 2.12. The Bertz CT molecular complexity index is 197. The van der Waals surface area contributed by atoms with Gasteiger partial charge in [0.1, 0.15) is 0 Å². The standard InChI is InChI=1S/C9H21NO3S/c1-8(2,3)14(11)10-7-9(4,12-5)13-6/h10H,7H2,1-6H3/t14-/m1/s1. The molecule has 1 atom stereocenters. The van der Waals surface area contributed by atoms with Crippen LogP contribution in [0.2, 0.25) is 0 Å². The lowest BCUT2D eigenvalue weighted by atomic mass is 10.3. The van der Waals surface area contributed by atoms with E-state index < -0.39 is 16.8 Å². The van der Waals surface area contributed by atoms with Gasteiger partial charge in [-0.2, -0.15) is 0 Å². The van der Waals surface area contributed by atoms with E-state index >= 15 is 0 Å². The van der Waals surface area contributed by atoms with Crippen molar-refractivity contribution in [3.63, 3.8) is 0 Å². The second-order valence-corrected chi connectivity index (χ2v) is 6.30. The maximum absolute atomic E-state index is 11.6. The summed E-state index contributed by atoms with van der Waals surface area (Å²) in [7, 11) is 2.02. The van der Waals surface area contributed by atoms with Gasteiger partial charge in [-0.25, -0.2) is 8.93 Å². The Kier molecular flexibility index (Phi) is 5.22. The van der Waals surface area contributed by atoms with E-state index in [0.29, 0.717) is 6.54 Å². The summed E-state index contributed by atoms with van der Waals surface area (Å²) in [5.74, 6) is -0.721. The van der Waals surface area contributed by atoms with Crippen molar-refractivity contribution in [2.75, 3.05) is 20.8 Å². The van der Waals surface area contributed by atoms with E-state index in [4.69, 9.17) is 9.47 Å². The van der Waals surface area contributed by atoms with Gasteiger partial charge >= 0.3 is 0 Å². The monoisotopic (exact) mass is 223 g/mol. The number of rotatable bonds is 5. The van der Waals surface area contributed by atoms with Gasteiger partial charge in [-0.15, -0.1) is 0 Å². The third kappa shape index (κ3) is 4.50. The lowest BCUT2D eigenvalue weighted by Gasteiger charge is -2.28. The molecule has 0 amide bonds. The van der Waals surface area contributed by atoms with Crippen molar-refractivity contribution in [1.29, 1.82) is 0 Å². The van der Waals surface area contributed by atoms with Crippen LogP contribution in [0, 0.1) is 0 Å². The molecule has 0 spiro atoms. The first-order valence-corrected chi connectivity index (χ1v) is 5.66. The Labute approximate surface area is 88.9 Å². The quantitative estimate of drug-likeness (QED) is 0.709. The zero-order valence-corrected chi connectivity index (χ0v) is 10.7. The SMILES string of the molecule is COC(C)(CN[S@](=O)C(C)(C)C)OC. The van der Waals surface area contributed by atoms with Crippen molar-refractivity contribution in [2.24, 2.45) is 0 Å². The number of nitrogens with one attached hydrogen (secondary N) is 1. The highest BCUT2D eigenvalue weighted by molar-refractivity contribution is 7.84.